The molecule has 2 heteroatoms. The molecule has 1 nitrogen and oxygen atoms in total. The van der Waals surface area contributed by atoms with Crippen LogP contribution < -0.4 is 0 Å². The minimum absolute atomic E-state index is 0.197. The number of hydrogen-bond donors (Lipinski definition) is 0. The first kappa shape index (κ1) is 10.5. The number of halogens is 1. The lowest BCUT2D eigenvalue weighted by Gasteiger charge is -2.21. The van der Waals surface area contributed by atoms with Crippen LogP contribution in [0, 0.1) is 5.92 Å². The predicted molar refractivity (Wildman–Crippen MR) is 57.1 cm³/mol. The van der Waals surface area contributed by atoms with Crippen molar-refractivity contribution in [2.24, 2.45) is 5.92 Å². The van der Waals surface area contributed by atoms with Gasteiger partial charge in [-0.05, 0) is 29.5 Å². The van der Waals surface area contributed by atoms with Gasteiger partial charge < -0.3 is 0 Å². The summed E-state index contributed by atoms with van der Waals surface area (Å²) in [5.74, 6) is 0.898. The van der Waals surface area contributed by atoms with Gasteiger partial charge in [-0.25, -0.2) is 0 Å². The van der Waals surface area contributed by atoms with E-state index in [4.69, 9.17) is 11.6 Å². The van der Waals surface area contributed by atoms with E-state index < -0.39 is 0 Å². The molecule has 0 aliphatic carbocycles. The first-order valence-electron chi connectivity index (χ1n) is 4.67. The normalized spacial score (nSPS) is 15.8. The van der Waals surface area contributed by atoms with Crippen molar-refractivity contribution in [1.82, 2.24) is 4.98 Å². The van der Waals surface area contributed by atoms with Gasteiger partial charge >= 0.3 is 0 Å². The van der Waals surface area contributed by atoms with E-state index in [1.54, 1.807) is 0 Å². The van der Waals surface area contributed by atoms with E-state index in [1.807, 2.05) is 24.5 Å². The zero-order valence-corrected chi connectivity index (χ0v) is 9.12. The van der Waals surface area contributed by atoms with Crippen LogP contribution in [-0.2, 0) is 0 Å². The van der Waals surface area contributed by atoms with E-state index in [-0.39, 0.29) is 5.38 Å². The standard InChI is InChI=1S/C11H16ClN/c1-8(2)11(12)9(3)10-4-6-13-7-5-10/h4-9,11H,1-3H3. The van der Waals surface area contributed by atoms with E-state index in [1.165, 1.54) is 5.56 Å². The second-order valence-corrected chi connectivity index (χ2v) is 4.26. The van der Waals surface area contributed by atoms with Gasteiger partial charge in [0, 0.05) is 17.8 Å². The van der Waals surface area contributed by atoms with Crippen molar-refractivity contribution in [2.75, 3.05) is 0 Å². The zero-order valence-electron chi connectivity index (χ0n) is 8.37. The van der Waals surface area contributed by atoms with Crippen LogP contribution in [0.1, 0.15) is 32.3 Å². The molecule has 0 N–H and O–H groups in total. The molecule has 0 radical (unpaired) electrons. The molecule has 0 bridgehead atoms. The summed E-state index contributed by atoms with van der Waals surface area (Å²) < 4.78 is 0. The highest BCUT2D eigenvalue weighted by atomic mass is 35.5. The summed E-state index contributed by atoms with van der Waals surface area (Å²) in [6.07, 6.45) is 3.63. The summed E-state index contributed by atoms with van der Waals surface area (Å²) >= 11 is 6.28. The van der Waals surface area contributed by atoms with Crippen LogP contribution in [0.25, 0.3) is 0 Å². The van der Waals surface area contributed by atoms with Crippen LogP contribution in [0.15, 0.2) is 24.5 Å². The Labute approximate surface area is 85.1 Å². The highest BCUT2D eigenvalue weighted by Crippen LogP contribution is 2.27. The number of pyridine rings is 1. The van der Waals surface area contributed by atoms with Crippen molar-refractivity contribution in [1.29, 1.82) is 0 Å². The Morgan fingerprint density at radius 1 is 1.15 bits per heavy atom. The maximum absolute atomic E-state index is 6.28. The summed E-state index contributed by atoms with van der Waals surface area (Å²) in [4.78, 5) is 3.99. The number of aromatic nitrogens is 1. The number of rotatable bonds is 3. The minimum atomic E-state index is 0.197. The molecule has 2 atom stereocenters. The van der Waals surface area contributed by atoms with E-state index in [0.29, 0.717) is 11.8 Å². The average molecular weight is 198 g/mol. The topological polar surface area (TPSA) is 12.9 Å². The van der Waals surface area contributed by atoms with Crippen molar-refractivity contribution >= 4 is 11.6 Å². The third-order valence-corrected chi connectivity index (χ3v) is 3.23. The molecular weight excluding hydrogens is 182 g/mol. The molecule has 0 spiro atoms. The predicted octanol–water partition coefficient (Wildman–Crippen LogP) is 3.45. The lowest BCUT2D eigenvalue weighted by molar-refractivity contribution is 0.533. The lowest BCUT2D eigenvalue weighted by Crippen LogP contribution is -2.16. The third kappa shape index (κ3) is 2.70. The van der Waals surface area contributed by atoms with Gasteiger partial charge in [0.05, 0.1) is 0 Å². The van der Waals surface area contributed by atoms with Crippen molar-refractivity contribution in [3.05, 3.63) is 30.1 Å². The Hall–Kier alpha value is -0.560. The van der Waals surface area contributed by atoms with E-state index >= 15 is 0 Å². The smallest absolute Gasteiger partial charge is 0.0424 e. The fourth-order valence-corrected chi connectivity index (χ4v) is 1.57. The fraction of sp³-hybridized carbons (Fsp3) is 0.545. The molecule has 0 aliphatic rings. The molecular formula is C11H16ClN. The third-order valence-electron chi connectivity index (χ3n) is 2.35. The molecule has 0 aromatic carbocycles. The molecule has 1 heterocycles. The summed E-state index contributed by atoms with van der Waals surface area (Å²) in [5, 5.41) is 0.197. The molecule has 13 heavy (non-hydrogen) atoms. The lowest BCUT2D eigenvalue weighted by atomic mass is 9.92. The highest BCUT2D eigenvalue weighted by Gasteiger charge is 2.19. The summed E-state index contributed by atoms with van der Waals surface area (Å²) in [7, 11) is 0. The van der Waals surface area contributed by atoms with Gasteiger partial charge in [-0.15, -0.1) is 11.6 Å². The second kappa shape index (κ2) is 4.61. The molecule has 72 valence electrons. The Morgan fingerprint density at radius 2 is 1.69 bits per heavy atom. The van der Waals surface area contributed by atoms with Gasteiger partial charge in [-0.3, -0.25) is 4.98 Å². The molecule has 0 amide bonds. The van der Waals surface area contributed by atoms with Crippen LogP contribution in [0.4, 0.5) is 0 Å². The van der Waals surface area contributed by atoms with Crippen LogP contribution in [-0.4, -0.2) is 10.4 Å². The van der Waals surface area contributed by atoms with Crippen LogP contribution >= 0.6 is 11.6 Å². The molecule has 1 aromatic heterocycles. The van der Waals surface area contributed by atoms with Gasteiger partial charge in [0.15, 0.2) is 0 Å². The summed E-state index contributed by atoms with van der Waals surface area (Å²) in [5.41, 5.74) is 1.27. The molecule has 0 fully saturated rings. The number of alkyl halides is 1. The van der Waals surface area contributed by atoms with Gasteiger partial charge in [0.1, 0.15) is 0 Å². The van der Waals surface area contributed by atoms with Crippen molar-refractivity contribution in [2.45, 2.75) is 32.1 Å². The highest BCUT2D eigenvalue weighted by molar-refractivity contribution is 6.21. The van der Waals surface area contributed by atoms with Gasteiger partial charge in [-0.2, -0.15) is 0 Å². The molecule has 1 aromatic rings. The zero-order chi connectivity index (χ0) is 9.84. The monoisotopic (exact) mass is 197 g/mol. The van der Waals surface area contributed by atoms with E-state index in [2.05, 4.69) is 25.8 Å². The fourth-order valence-electron chi connectivity index (χ4n) is 1.43. The Bertz CT molecular complexity index is 246. The van der Waals surface area contributed by atoms with E-state index in [0.717, 1.165) is 0 Å². The van der Waals surface area contributed by atoms with Gasteiger partial charge in [0.25, 0.3) is 0 Å². The number of hydrogen-bond acceptors (Lipinski definition) is 1. The van der Waals surface area contributed by atoms with Gasteiger partial charge in [-0.1, -0.05) is 20.8 Å². The second-order valence-electron chi connectivity index (χ2n) is 3.76. The number of nitrogens with zero attached hydrogens (tertiary/aromatic N) is 1. The first-order valence-corrected chi connectivity index (χ1v) is 5.10. The maximum atomic E-state index is 6.28. The van der Waals surface area contributed by atoms with Crippen LogP contribution in [0.5, 0.6) is 0 Å². The Morgan fingerprint density at radius 3 is 2.15 bits per heavy atom. The van der Waals surface area contributed by atoms with Crippen LogP contribution in [0.2, 0.25) is 0 Å². The SMILES string of the molecule is CC(C)C(Cl)C(C)c1ccncc1. The van der Waals surface area contributed by atoms with E-state index in [9.17, 15) is 0 Å². The first-order chi connectivity index (χ1) is 6.13. The summed E-state index contributed by atoms with van der Waals surface area (Å²) in [6, 6.07) is 4.06. The maximum Gasteiger partial charge on any atom is 0.0424 e. The Balaban J connectivity index is 2.73. The van der Waals surface area contributed by atoms with Crippen LogP contribution in [0.3, 0.4) is 0 Å². The van der Waals surface area contributed by atoms with Crippen molar-refractivity contribution < 1.29 is 0 Å². The van der Waals surface area contributed by atoms with Crippen molar-refractivity contribution in [3.8, 4) is 0 Å². The molecule has 0 saturated carbocycles. The average Bonchev–Trinajstić information content (AvgIpc) is 2.17. The minimum Gasteiger partial charge on any atom is -0.265 e. The molecule has 0 aliphatic heterocycles. The summed E-state index contributed by atoms with van der Waals surface area (Å²) in [6.45, 7) is 6.46. The quantitative estimate of drug-likeness (QED) is 0.677. The largest absolute Gasteiger partial charge is 0.265 e. The molecule has 0 saturated heterocycles. The van der Waals surface area contributed by atoms with Crippen molar-refractivity contribution in [3.63, 3.8) is 0 Å². The van der Waals surface area contributed by atoms with Gasteiger partial charge in [0.2, 0.25) is 0 Å². The molecule has 2 unspecified atom stereocenters. The molecule has 1 rings (SSSR count). The Kier molecular flexibility index (Phi) is 3.73.